The molecule has 0 saturated carbocycles. The minimum Gasteiger partial charge on any atom is -0.347 e. The second-order valence-corrected chi connectivity index (χ2v) is 13.7. The van der Waals surface area contributed by atoms with Crippen LogP contribution in [0.25, 0.3) is 0 Å². The fourth-order valence-electron chi connectivity index (χ4n) is 5.59. The predicted molar refractivity (Wildman–Crippen MR) is 177 cm³/mol. The number of hydrogen-bond acceptors (Lipinski definition) is 8. The molecule has 6 amide bonds. The van der Waals surface area contributed by atoms with E-state index >= 15 is 0 Å². The molecular formula is C32H42N6O6S2. The predicted octanol–water partition coefficient (Wildman–Crippen LogP) is 1.59. The van der Waals surface area contributed by atoms with Gasteiger partial charge in [0, 0.05) is 23.5 Å². The number of carbonyl (C=O) groups is 6. The molecule has 12 nitrogen and oxygen atoms in total. The number of thioether (sulfide) groups is 1. The minimum atomic E-state index is -1.01. The van der Waals surface area contributed by atoms with Crippen molar-refractivity contribution in [1.82, 2.24) is 31.5 Å². The lowest BCUT2D eigenvalue weighted by atomic mass is 10.0. The molecule has 0 radical (unpaired) electrons. The zero-order chi connectivity index (χ0) is 33.4. The largest absolute Gasteiger partial charge is 0.347 e. The van der Waals surface area contributed by atoms with Crippen molar-refractivity contribution >= 4 is 58.5 Å². The van der Waals surface area contributed by atoms with E-state index in [0.29, 0.717) is 23.3 Å². The average Bonchev–Trinajstić information content (AvgIpc) is 3.72. The van der Waals surface area contributed by atoms with Crippen LogP contribution in [0.3, 0.4) is 0 Å². The van der Waals surface area contributed by atoms with Crippen molar-refractivity contribution in [2.75, 3.05) is 18.6 Å². The number of thiophene rings is 1. The fraction of sp³-hybridized carbons (Fsp3) is 0.500. The maximum absolute atomic E-state index is 14.1. The Hall–Kier alpha value is -3.91. The van der Waals surface area contributed by atoms with E-state index in [1.165, 1.54) is 34.9 Å². The van der Waals surface area contributed by atoms with E-state index in [1.807, 2.05) is 12.3 Å². The van der Waals surface area contributed by atoms with Gasteiger partial charge in [-0.3, -0.25) is 28.8 Å². The molecule has 248 valence electrons. The zero-order valence-electron chi connectivity index (χ0n) is 26.4. The van der Waals surface area contributed by atoms with E-state index in [9.17, 15) is 28.8 Å². The highest BCUT2D eigenvalue weighted by Crippen LogP contribution is 2.23. The number of benzene rings is 1. The third-order valence-electron chi connectivity index (χ3n) is 8.16. The first-order chi connectivity index (χ1) is 22.0. The second kappa shape index (κ2) is 16.1. The number of carbonyl (C=O) groups excluding carboxylic acids is 6. The van der Waals surface area contributed by atoms with Crippen LogP contribution in [-0.4, -0.2) is 89.1 Å². The molecule has 4 rings (SSSR count). The van der Waals surface area contributed by atoms with Gasteiger partial charge in [0.25, 0.3) is 5.91 Å². The van der Waals surface area contributed by atoms with Crippen molar-refractivity contribution in [3.8, 4) is 0 Å². The van der Waals surface area contributed by atoms with Crippen LogP contribution < -0.4 is 26.6 Å². The van der Waals surface area contributed by atoms with E-state index in [1.54, 1.807) is 54.9 Å². The van der Waals surface area contributed by atoms with E-state index < -0.39 is 65.8 Å². The Morgan fingerprint density at radius 1 is 1.00 bits per heavy atom. The molecule has 0 spiro atoms. The quantitative estimate of drug-likeness (QED) is 0.299. The van der Waals surface area contributed by atoms with E-state index in [-0.39, 0.29) is 31.2 Å². The molecule has 2 fully saturated rings. The van der Waals surface area contributed by atoms with Crippen molar-refractivity contribution in [2.45, 2.75) is 76.3 Å². The molecule has 5 N–H and O–H groups in total. The second-order valence-electron chi connectivity index (χ2n) is 12.0. The van der Waals surface area contributed by atoms with Gasteiger partial charge in [0.1, 0.15) is 24.2 Å². The third-order valence-corrected chi connectivity index (χ3v) is 9.49. The number of fused-ring (bicyclic) bond motifs is 1. The monoisotopic (exact) mass is 670 g/mol. The molecule has 1 aromatic heterocycles. The standard InChI is InChI=1S/C32H42N6O6S2/c1-18(2)27-32(44)38-16-22(34-29(41)21-10-13-46-17-21)14-25(38)31(43)33-19(3)28(40)36-24(20-8-6-5-7-9-20)15-26(39)35-23(11-12-45-4)30(42)37-27/h5-10,13,17-19,22-25,27H,11-12,14-16H2,1-4H3,(H,33,43)(H,34,41)(H,35,39)(H,36,40)(H,37,42)/t19-,22-,23-,24-,25-,27-/m0/s1. The fourth-order valence-corrected chi connectivity index (χ4v) is 6.70. The Kier molecular flexibility index (Phi) is 12.2. The van der Waals surface area contributed by atoms with Crippen LogP contribution in [0.5, 0.6) is 0 Å². The van der Waals surface area contributed by atoms with Crippen molar-refractivity contribution in [3.63, 3.8) is 0 Å². The summed E-state index contributed by atoms with van der Waals surface area (Å²) in [6, 6.07) is 5.47. The number of nitrogens with zero attached hydrogens (tertiary/aromatic N) is 1. The normalized spacial score (nSPS) is 26.5. The zero-order valence-corrected chi connectivity index (χ0v) is 28.0. The van der Waals surface area contributed by atoms with Gasteiger partial charge in [0.15, 0.2) is 0 Å². The van der Waals surface area contributed by atoms with Crippen LogP contribution in [0.2, 0.25) is 0 Å². The molecule has 0 unspecified atom stereocenters. The lowest BCUT2D eigenvalue weighted by Gasteiger charge is -2.32. The molecule has 1 aromatic carbocycles. The maximum atomic E-state index is 14.1. The molecule has 14 heteroatoms. The first-order valence-electron chi connectivity index (χ1n) is 15.4. The number of rotatable bonds is 7. The van der Waals surface area contributed by atoms with Gasteiger partial charge in [-0.1, -0.05) is 44.2 Å². The first-order valence-corrected chi connectivity index (χ1v) is 17.7. The molecule has 46 heavy (non-hydrogen) atoms. The van der Waals surface area contributed by atoms with E-state index in [4.69, 9.17) is 0 Å². The topological polar surface area (TPSA) is 166 Å². The molecule has 0 aliphatic carbocycles. The number of hydrogen-bond donors (Lipinski definition) is 5. The summed E-state index contributed by atoms with van der Waals surface area (Å²) in [5, 5.41) is 17.7. The van der Waals surface area contributed by atoms with Gasteiger partial charge in [-0.15, -0.1) is 0 Å². The highest BCUT2D eigenvalue weighted by Gasteiger charge is 2.44. The van der Waals surface area contributed by atoms with Crippen LogP contribution in [0, 0.1) is 5.92 Å². The summed E-state index contributed by atoms with van der Waals surface area (Å²) in [5.41, 5.74) is 1.16. The first kappa shape index (κ1) is 35.0. The SMILES string of the molecule is CSCC[C@@H]1NC(=O)C[C@@H](c2ccccc2)NC(=O)[C@H](C)NC(=O)[C@@H]2C[C@H](NC(=O)c3ccsc3)CN2C(=O)[C@H](C(C)C)NC1=O. The summed E-state index contributed by atoms with van der Waals surface area (Å²) < 4.78 is 0. The maximum Gasteiger partial charge on any atom is 0.252 e. The molecule has 2 aliphatic heterocycles. The van der Waals surface area contributed by atoms with Gasteiger partial charge in [0.2, 0.25) is 29.5 Å². The van der Waals surface area contributed by atoms with Gasteiger partial charge < -0.3 is 31.5 Å². The summed E-state index contributed by atoms with van der Waals surface area (Å²) in [4.78, 5) is 82.4. The summed E-state index contributed by atoms with van der Waals surface area (Å²) >= 11 is 2.90. The van der Waals surface area contributed by atoms with Crippen LogP contribution in [-0.2, 0) is 24.0 Å². The smallest absolute Gasteiger partial charge is 0.252 e. The van der Waals surface area contributed by atoms with Crippen molar-refractivity contribution in [3.05, 3.63) is 58.3 Å². The summed E-state index contributed by atoms with van der Waals surface area (Å²) in [6.07, 6.45) is 2.19. The van der Waals surface area contributed by atoms with Gasteiger partial charge in [-0.2, -0.15) is 23.1 Å². The highest BCUT2D eigenvalue weighted by atomic mass is 32.2. The summed E-state index contributed by atoms with van der Waals surface area (Å²) in [7, 11) is 0. The highest BCUT2D eigenvalue weighted by molar-refractivity contribution is 7.98. The molecule has 2 saturated heterocycles. The molecule has 6 atom stereocenters. The van der Waals surface area contributed by atoms with Gasteiger partial charge in [-0.05, 0) is 54.7 Å². The Morgan fingerprint density at radius 2 is 1.74 bits per heavy atom. The van der Waals surface area contributed by atoms with Gasteiger partial charge in [-0.25, -0.2) is 0 Å². The van der Waals surface area contributed by atoms with Crippen molar-refractivity contribution < 1.29 is 28.8 Å². The number of nitrogens with one attached hydrogen (secondary N) is 5. The van der Waals surface area contributed by atoms with Gasteiger partial charge >= 0.3 is 0 Å². The average molecular weight is 671 g/mol. The van der Waals surface area contributed by atoms with Crippen molar-refractivity contribution in [2.24, 2.45) is 5.92 Å². The Morgan fingerprint density at radius 3 is 2.39 bits per heavy atom. The molecule has 3 heterocycles. The van der Waals surface area contributed by atoms with Crippen LogP contribution >= 0.6 is 23.1 Å². The molecule has 0 bridgehead atoms. The van der Waals surface area contributed by atoms with E-state index in [2.05, 4.69) is 26.6 Å². The van der Waals surface area contributed by atoms with Crippen LogP contribution in [0.15, 0.2) is 47.2 Å². The molecule has 2 aliphatic rings. The Balaban J connectivity index is 1.67. The van der Waals surface area contributed by atoms with Gasteiger partial charge in [0.05, 0.1) is 12.5 Å². The summed E-state index contributed by atoms with van der Waals surface area (Å²) in [6.45, 7) is 5.14. The summed E-state index contributed by atoms with van der Waals surface area (Å²) in [5.74, 6) is -2.63. The lowest BCUT2D eigenvalue weighted by molar-refractivity contribution is -0.143. The lowest BCUT2D eigenvalue weighted by Crippen LogP contribution is -2.59. The van der Waals surface area contributed by atoms with Crippen LogP contribution in [0.1, 0.15) is 62.0 Å². The molecule has 2 aromatic rings. The van der Waals surface area contributed by atoms with E-state index in [0.717, 1.165) is 0 Å². The third kappa shape index (κ3) is 8.87. The minimum absolute atomic E-state index is 0.0369. The Labute approximate surface area is 277 Å². The van der Waals surface area contributed by atoms with Crippen molar-refractivity contribution in [1.29, 1.82) is 0 Å². The van der Waals surface area contributed by atoms with Crippen LogP contribution in [0.4, 0.5) is 0 Å². The molecular weight excluding hydrogens is 629 g/mol. The number of amides is 6. The Bertz CT molecular complexity index is 1400.